The van der Waals surface area contributed by atoms with E-state index in [4.69, 9.17) is 0 Å². The molecule has 0 aliphatic carbocycles. The molecule has 1 heterocycles. The molecule has 4 rings (SSSR count). The van der Waals surface area contributed by atoms with Gasteiger partial charge in [0.2, 0.25) is 17.8 Å². The lowest BCUT2D eigenvalue weighted by atomic mass is 10.1. The number of aromatic nitrogens is 2. The van der Waals surface area contributed by atoms with Gasteiger partial charge in [-0.05, 0) is 66.6 Å². The molecule has 238 valence electrons. The van der Waals surface area contributed by atoms with Crippen LogP contribution in [0.3, 0.4) is 0 Å². The topological polar surface area (TPSA) is 157 Å². The summed E-state index contributed by atoms with van der Waals surface area (Å²) in [7, 11) is 0. The van der Waals surface area contributed by atoms with Crippen molar-refractivity contribution in [3.63, 3.8) is 0 Å². The Morgan fingerprint density at radius 2 is 1.63 bits per heavy atom. The van der Waals surface area contributed by atoms with Gasteiger partial charge in [0.05, 0.1) is 30.3 Å². The fourth-order valence-electron chi connectivity index (χ4n) is 4.15. The average molecular weight is 634 g/mol. The smallest absolute Gasteiger partial charge is 0.394 e. The summed E-state index contributed by atoms with van der Waals surface area (Å²) >= 11 is 0. The Labute approximate surface area is 262 Å². The molecule has 3 aromatic carbocycles. The lowest BCUT2D eigenvalue weighted by Crippen LogP contribution is -2.45. The first-order valence-electron chi connectivity index (χ1n) is 13.8. The number of aliphatic hydroxyl groups excluding tert-OH is 1. The van der Waals surface area contributed by atoms with Crippen LogP contribution in [0, 0.1) is 6.92 Å². The van der Waals surface area contributed by atoms with Gasteiger partial charge >= 0.3 is 6.18 Å². The molecule has 0 saturated carbocycles. The van der Waals surface area contributed by atoms with E-state index >= 15 is 0 Å². The molecule has 14 heteroatoms. The molecule has 0 aliphatic heterocycles. The van der Waals surface area contributed by atoms with Crippen LogP contribution in [-0.4, -0.2) is 45.4 Å². The minimum atomic E-state index is -4.44. The Kier molecular flexibility index (Phi) is 10.7. The highest BCUT2D eigenvalue weighted by atomic mass is 19.4. The number of carbonyl (C=O) groups is 3. The van der Waals surface area contributed by atoms with Crippen LogP contribution in [0.5, 0.6) is 0 Å². The zero-order valence-electron chi connectivity index (χ0n) is 24.5. The van der Waals surface area contributed by atoms with E-state index < -0.39 is 42.1 Å². The minimum absolute atomic E-state index is 0.128. The fraction of sp³-hybridized carbons (Fsp3) is 0.156. The van der Waals surface area contributed by atoms with Crippen LogP contribution in [0.25, 0.3) is 0 Å². The number of nitrogens with one attached hydrogen (secondary N) is 5. The highest BCUT2D eigenvalue weighted by Crippen LogP contribution is 2.30. The average Bonchev–Trinajstić information content (AvgIpc) is 3.03. The number of amides is 3. The molecule has 3 amide bonds. The SMILES string of the molecule is C=CC(=O)NC(CO)C(=O)Nc1cccc(Nc2ncc(NC(=O)c3cc(NCc4cccc(C(F)(F)F)c4)ccc3C)cn2)c1. The normalized spacial score (nSPS) is 11.6. The molecular weight excluding hydrogens is 603 g/mol. The standard InChI is InChI=1S/C32H30F3N7O4/c1-3-28(44)42-27(18-43)30(46)39-23-8-5-9-24(13-23)41-31-37-16-25(17-38-31)40-29(45)26-14-22(11-10-19(26)2)36-15-20-6-4-7-21(12-20)32(33,34)35/h3-14,16-17,27,36,43H,1,15,18H2,2H3,(H,39,46)(H,40,45)(H,42,44)(H,37,38,41). The lowest BCUT2D eigenvalue weighted by molar-refractivity contribution is -0.137. The molecule has 0 fully saturated rings. The first-order valence-corrected chi connectivity index (χ1v) is 13.8. The Hall–Kier alpha value is -5.76. The van der Waals surface area contributed by atoms with Crippen LogP contribution in [0.4, 0.5) is 41.9 Å². The van der Waals surface area contributed by atoms with Gasteiger partial charge in [-0.2, -0.15) is 13.2 Å². The monoisotopic (exact) mass is 633 g/mol. The van der Waals surface area contributed by atoms with Crippen molar-refractivity contribution in [2.24, 2.45) is 0 Å². The largest absolute Gasteiger partial charge is 0.416 e. The molecule has 46 heavy (non-hydrogen) atoms. The fourth-order valence-corrected chi connectivity index (χ4v) is 4.15. The quantitative estimate of drug-likeness (QED) is 0.119. The first kappa shape index (κ1) is 33.1. The van der Waals surface area contributed by atoms with Gasteiger partial charge in [-0.1, -0.05) is 30.8 Å². The molecular formula is C32H30F3N7O4. The zero-order chi connectivity index (χ0) is 33.3. The van der Waals surface area contributed by atoms with E-state index in [0.29, 0.717) is 39.4 Å². The third kappa shape index (κ3) is 9.12. The van der Waals surface area contributed by atoms with E-state index in [1.165, 1.54) is 18.5 Å². The maximum Gasteiger partial charge on any atom is 0.416 e. The van der Waals surface area contributed by atoms with Crippen molar-refractivity contribution >= 4 is 46.4 Å². The molecule has 0 saturated heterocycles. The zero-order valence-corrected chi connectivity index (χ0v) is 24.5. The van der Waals surface area contributed by atoms with Crippen molar-refractivity contribution in [3.8, 4) is 0 Å². The summed E-state index contributed by atoms with van der Waals surface area (Å²) in [6.45, 7) is 4.59. The van der Waals surface area contributed by atoms with Gasteiger partial charge in [0.15, 0.2) is 0 Å². The van der Waals surface area contributed by atoms with Gasteiger partial charge in [0.25, 0.3) is 5.91 Å². The number of nitrogens with zero attached hydrogens (tertiary/aromatic N) is 2. The van der Waals surface area contributed by atoms with Crippen LogP contribution in [0.2, 0.25) is 0 Å². The van der Waals surface area contributed by atoms with Crippen molar-refractivity contribution in [2.75, 3.05) is 27.9 Å². The number of alkyl halides is 3. The number of anilines is 5. The van der Waals surface area contributed by atoms with Crippen LogP contribution < -0.4 is 26.6 Å². The predicted octanol–water partition coefficient (Wildman–Crippen LogP) is 5.01. The van der Waals surface area contributed by atoms with E-state index in [1.54, 1.807) is 55.5 Å². The Morgan fingerprint density at radius 1 is 0.913 bits per heavy atom. The van der Waals surface area contributed by atoms with E-state index in [9.17, 15) is 32.7 Å². The molecule has 0 bridgehead atoms. The van der Waals surface area contributed by atoms with Crippen molar-refractivity contribution in [2.45, 2.75) is 25.7 Å². The van der Waals surface area contributed by atoms with Crippen LogP contribution in [0.1, 0.15) is 27.0 Å². The number of rotatable bonds is 12. The summed E-state index contributed by atoms with van der Waals surface area (Å²) in [6.07, 6.45) is -0.646. The van der Waals surface area contributed by atoms with E-state index in [0.717, 1.165) is 18.2 Å². The number of carbonyl (C=O) groups excluding carboxylic acids is 3. The molecule has 0 aliphatic rings. The van der Waals surface area contributed by atoms with Crippen molar-refractivity contribution in [3.05, 3.63) is 114 Å². The summed E-state index contributed by atoms with van der Waals surface area (Å²) in [5.74, 6) is -1.46. The number of hydrogen-bond donors (Lipinski definition) is 6. The second kappa shape index (κ2) is 14.8. The molecule has 11 nitrogen and oxygen atoms in total. The summed E-state index contributed by atoms with van der Waals surface area (Å²) < 4.78 is 39.1. The van der Waals surface area contributed by atoms with Gasteiger partial charge < -0.3 is 31.7 Å². The molecule has 1 unspecified atom stereocenters. The van der Waals surface area contributed by atoms with E-state index in [1.807, 2.05) is 0 Å². The summed E-state index contributed by atoms with van der Waals surface area (Å²) in [5, 5.41) is 23.1. The van der Waals surface area contributed by atoms with E-state index in [-0.39, 0.29) is 12.5 Å². The maximum absolute atomic E-state index is 13.1. The van der Waals surface area contributed by atoms with Gasteiger partial charge in [-0.3, -0.25) is 14.4 Å². The third-order valence-corrected chi connectivity index (χ3v) is 6.53. The molecule has 0 spiro atoms. The number of halogens is 3. The summed E-state index contributed by atoms with van der Waals surface area (Å²) in [4.78, 5) is 45.4. The van der Waals surface area contributed by atoms with Gasteiger partial charge in [-0.15, -0.1) is 0 Å². The Balaban J connectivity index is 1.35. The van der Waals surface area contributed by atoms with Crippen LogP contribution in [0.15, 0.2) is 91.8 Å². The highest BCUT2D eigenvalue weighted by molar-refractivity contribution is 6.05. The molecule has 4 aromatic rings. The Bertz CT molecular complexity index is 1730. The number of aliphatic hydroxyl groups is 1. The van der Waals surface area contributed by atoms with Gasteiger partial charge in [0, 0.05) is 29.2 Å². The van der Waals surface area contributed by atoms with E-state index in [2.05, 4.69) is 43.1 Å². The minimum Gasteiger partial charge on any atom is -0.394 e. The van der Waals surface area contributed by atoms with Gasteiger partial charge in [-0.25, -0.2) is 9.97 Å². The highest BCUT2D eigenvalue weighted by Gasteiger charge is 2.30. The molecule has 0 radical (unpaired) electrons. The summed E-state index contributed by atoms with van der Waals surface area (Å²) in [5.41, 5.74) is 2.51. The Morgan fingerprint density at radius 3 is 2.33 bits per heavy atom. The second-order valence-corrected chi connectivity index (χ2v) is 9.97. The number of aryl methyl sites for hydroxylation is 1. The first-order chi connectivity index (χ1) is 21.9. The maximum atomic E-state index is 13.1. The van der Waals surface area contributed by atoms with Crippen molar-refractivity contribution in [1.82, 2.24) is 15.3 Å². The molecule has 6 N–H and O–H groups in total. The van der Waals surface area contributed by atoms with Crippen molar-refractivity contribution < 1.29 is 32.7 Å². The van der Waals surface area contributed by atoms with Crippen molar-refractivity contribution in [1.29, 1.82) is 0 Å². The molecule has 1 atom stereocenters. The second-order valence-electron chi connectivity index (χ2n) is 9.97. The van der Waals surface area contributed by atoms with Crippen LogP contribution >= 0.6 is 0 Å². The molecule has 1 aromatic heterocycles. The summed E-state index contributed by atoms with van der Waals surface area (Å²) in [6, 6.07) is 15.5. The predicted molar refractivity (Wildman–Crippen MR) is 168 cm³/mol. The number of benzene rings is 3. The van der Waals surface area contributed by atoms with Crippen LogP contribution in [-0.2, 0) is 22.3 Å². The van der Waals surface area contributed by atoms with Gasteiger partial charge in [0.1, 0.15) is 6.04 Å². The number of hydrogen-bond acceptors (Lipinski definition) is 8. The third-order valence-electron chi connectivity index (χ3n) is 6.53. The lowest BCUT2D eigenvalue weighted by Gasteiger charge is -2.15.